The van der Waals surface area contributed by atoms with E-state index in [4.69, 9.17) is 9.47 Å². The lowest BCUT2D eigenvalue weighted by molar-refractivity contribution is -0.145. The monoisotopic (exact) mass is 293 g/mol. The van der Waals surface area contributed by atoms with Crippen molar-refractivity contribution >= 4 is 27.5 Å². The molecule has 0 saturated carbocycles. The maximum absolute atomic E-state index is 11.9. The van der Waals surface area contributed by atoms with Gasteiger partial charge in [0.1, 0.15) is 16.7 Å². The number of fused-ring (bicyclic) bond motifs is 1. The summed E-state index contributed by atoms with van der Waals surface area (Å²) in [5.74, 6) is 0.362. The highest BCUT2D eigenvalue weighted by atomic mass is 32.1. The molecule has 1 aromatic carbocycles. The number of rotatable bonds is 6. The van der Waals surface area contributed by atoms with Crippen LogP contribution < -0.4 is 4.74 Å². The number of ether oxygens (including phenoxy) is 2. The van der Waals surface area contributed by atoms with Gasteiger partial charge < -0.3 is 9.47 Å². The average molecular weight is 293 g/mol. The van der Waals surface area contributed by atoms with Gasteiger partial charge in [-0.15, -0.1) is 11.3 Å². The Morgan fingerprint density at radius 1 is 1.30 bits per heavy atom. The molecule has 5 heteroatoms. The molecule has 1 atom stereocenters. The molecule has 0 spiro atoms. The Hall–Kier alpha value is -1.62. The molecular weight excluding hydrogens is 274 g/mol. The maximum atomic E-state index is 11.9. The zero-order chi connectivity index (χ0) is 14.5. The molecule has 0 aliphatic rings. The summed E-state index contributed by atoms with van der Waals surface area (Å²) in [5.41, 5.74) is 0.899. The molecule has 0 aliphatic carbocycles. The smallest absolute Gasteiger partial charge is 0.315 e. The van der Waals surface area contributed by atoms with E-state index in [0.717, 1.165) is 21.0 Å². The van der Waals surface area contributed by atoms with Gasteiger partial charge in [-0.25, -0.2) is 4.98 Å². The fourth-order valence-corrected chi connectivity index (χ4v) is 3.18. The minimum atomic E-state index is -0.275. The Labute approximate surface area is 122 Å². The Morgan fingerprint density at radius 3 is 2.75 bits per heavy atom. The number of esters is 1. The fourth-order valence-electron chi connectivity index (χ4n) is 2.01. The van der Waals surface area contributed by atoms with E-state index in [1.807, 2.05) is 39.0 Å². The van der Waals surface area contributed by atoms with Gasteiger partial charge in [-0.1, -0.05) is 6.92 Å². The van der Waals surface area contributed by atoms with Gasteiger partial charge in [-0.05, 0) is 38.5 Å². The van der Waals surface area contributed by atoms with E-state index in [-0.39, 0.29) is 11.9 Å². The molecular formula is C15H19NO3S. The van der Waals surface area contributed by atoms with Gasteiger partial charge >= 0.3 is 5.97 Å². The highest BCUT2D eigenvalue weighted by Gasteiger charge is 2.23. The summed E-state index contributed by atoms with van der Waals surface area (Å²) in [6.07, 6.45) is 0.691. The van der Waals surface area contributed by atoms with Crippen LogP contribution in [0.25, 0.3) is 10.2 Å². The minimum absolute atomic E-state index is 0.195. The second-order valence-corrected chi connectivity index (χ2v) is 5.39. The summed E-state index contributed by atoms with van der Waals surface area (Å²) >= 11 is 1.53. The van der Waals surface area contributed by atoms with E-state index < -0.39 is 0 Å². The molecule has 1 aromatic heterocycles. The molecule has 1 unspecified atom stereocenters. The van der Waals surface area contributed by atoms with E-state index in [1.54, 1.807) is 0 Å². The molecule has 0 N–H and O–H groups in total. The van der Waals surface area contributed by atoms with Crippen molar-refractivity contribution < 1.29 is 14.3 Å². The molecule has 20 heavy (non-hydrogen) atoms. The summed E-state index contributed by atoms with van der Waals surface area (Å²) in [6.45, 7) is 6.78. The third kappa shape index (κ3) is 3.10. The van der Waals surface area contributed by atoms with Crippen LogP contribution in [-0.4, -0.2) is 24.2 Å². The van der Waals surface area contributed by atoms with E-state index in [9.17, 15) is 4.79 Å². The molecule has 0 amide bonds. The molecule has 0 bridgehead atoms. The molecule has 0 saturated heterocycles. The van der Waals surface area contributed by atoms with Crippen LogP contribution in [0.5, 0.6) is 5.75 Å². The van der Waals surface area contributed by atoms with Crippen LogP contribution in [0.1, 0.15) is 38.1 Å². The first-order valence-corrected chi connectivity index (χ1v) is 7.71. The first kappa shape index (κ1) is 14.8. The van der Waals surface area contributed by atoms with Crippen LogP contribution in [0.2, 0.25) is 0 Å². The van der Waals surface area contributed by atoms with Gasteiger partial charge in [-0.2, -0.15) is 0 Å². The average Bonchev–Trinajstić information content (AvgIpc) is 2.83. The number of nitrogens with zero attached hydrogens (tertiary/aromatic N) is 1. The summed E-state index contributed by atoms with van der Waals surface area (Å²) in [5, 5.41) is 0.814. The van der Waals surface area contributed by atoms with Gasteiger partial charge in [-0.3, -0.25) is 4.79 Å². The van der Waals surface area contributed by atoms with Crippen LogP contribution in [-0.2, 0) is 9.53 Å². The Morgan fingerprint density at radius 2 is 2.10 bits per heavy atom. The molecule has 4 nitrogen and oxygen atoms in total. The molecule has 0 radical (unpaired) electrons. The Kier molecular flexibility index (Phi) is 4.95. The minimum Gasteiger partial charge on any atom is -0.494 e. The van der Waals surface area contributed by atoms with Gasteiger partial charge in [0.2, 0.25) is 0 Å². The molecule has 1 heterocycles. The summed E-state index contributed by atoms with van der Waals surface area (Å²) in [4.78, 5) is 16.5. The molecule has 2 rings (SSSR count). The molecule has 0 aliphatic heterocycles. The van der Waals surface area contributed by atoms with Gasteiger partial charge in [0, 0.05) is 0 Å². The summed E-state index contributed by atoms with van der Waals surface area (Å²) in [6, 6.07) is 5.80. The number of benzene rings is 1. The van der Waals surface area contributed by atoms with Crippen molar-refractivity contribution in [2.24, 2.45) is 0 Å². The van der Waals surface area contributed by atoms with Gasteiger partial charge in [0.25, 0.3) is 0 Å². The van der Waals surface area contributed by atoms with Gasteiger partial charge in [0.05, 0.1) is 23.4 Å². The third-order valence-electron chi connectivity index (χ3n) is 2.96. The second-order valence-electron chi connectivity index (χ2n) is 4.33. The van der Waals surface area contributed by atoms with Crippen molar-refractivity contribution in [3.8, 4) is 5.75 Å². The van der Waals surface area contributed by atoms with Gasteiger partial charge in [0.15, 0.2) is 0 Å². The third-order valence-corrected chi connectivity index (χ3v) is 4.10. The highest BCUT2D eigenvalue weighted by molar-refractivity contribution is 7.18. The molecule has 108 valence electrons. The van der Waals surface area contributed by atoms with E-state index in [0.29, 0.717) is 19.6 Å². The topological polar surface area (TPSA) is 48.4 Å². The predicted octanol–water partition coefficient (Wildman–Crippen LogP) is 3.75. The number of hydrogen-bond acceptors (Lipinski definition) is 5. The first-order valence-electron chi connectivity index (χ1n) is 6.89. The van der Waals surface area contributed by atoms with Crippen molar-refractivity contribution in [2.45, 2.75) is 33.1 Å². The number of thiazole rings is 1. The predicted molar refractivity (Wildman–Crippen MR) is 80.5 cm³/mol. The number of hydrogen-bond donors (Lipinski definition) is 0. The van der Waals surface area contributed by atoms with Crippen molar-refractivity contribution in [3.63, 3.8) is 0 Å². The Bertz CT molecular complexity index is 594. The lowest BCUT2D eigenvalue weighted by Gasteiger charge is -2.09. The summed E-state index contributed by atoms with van der Waals surface area (Å²) in [7, 11) is 0. The number of carbonyl (C=O) groups excluding carboxylic acids is 1. The van der Waals surface area contributed by atoms with Crippen molar-refractivity contribution in [1.29, 1.82) is 0 Å². The lowest BCUT2D eigenvalue weighted by Crippen LogP contribution is -2.14. The molecule has 2 aromatic rings. The fraction of sp³-hybridized carbons (Fsp3) is 0.467. The SMILES string of the molecule is CCOC(=O)C(CC)c1nc2ccc(OCC)cc2s1. The van der Waals surface area contributed by atoms with Crippen LogP contribution in [0.4, 0.5) is 0 Å². The normalized spacial score (nSPS) is 12.3. The van der Waals surface area contributed by atoms with E-state index in [2.05, 4.69) is 4.98 Å². The zero-order valence-corrected chi connectivity index (χ0v) is 12.8. The van der Waals surface area contributed by atoms with E-state index in [1.165, 1.54) is 11.3 Å². The quantitative estimate of drug-likeness (QED) is 0.761. The standard InChI is InChI=1S/C15H19NO3S/c1-4-11(15(17)19-6-3)14-16-12-8-7-10(18-5-2)9-13(12)20-14/h7-9,11H,4-6H2,1-3H3. The van der Waals surface area contributed by atoms with Crippen LogP contribution in [0.15, 0.2) is 18.2 Å². The van der Waals surface area contributed by atoms with Crippen molar-refractivity contribution in [1.82, 2.24) is 4.98 Å². The first-order chi connectivity index (χ1) is 9.69. The lowest BCUT2D eigenvalue weighted by atomic mass is 10.1. The van der Waals surface area contributed by atoms with Crippen molar-refractivity contribution in [3.05, 3.63) is 23.2 Å². The molecule has 0 fully saturated rings. The second kappa shape index (κ2) is 6.70. The highest BCUT2D eigenvalue weighted by Crippen LogP contribution is 2.32. The largest absolute Gasteiger partial charge is 0.494 e. The zero-order valence-electron chi connectivity index (χ0n) is 12.0. The van der Waals surface area contributed by atoms with Crippen LogP contribution in [0.3, 0.4) is 0 Å². The number of aromatic nitrogens is 1. The summed E-state index contributed by atoms with van der Waals surface area (Å²) < 4.78 is 11.6. The number of carbonyl (C=O) groups is 1. The van der Waals surface area contributed by atoms with Crippen LogP contribution in [0, 0.1) is 0 Å². The maximum Gasteiger partial charge on any atom is 0.315 e. The van der Waals surface area contributed by atoms with E-state index >= 15 is 0 Å². The van der Waals surface area contributed by atoms with Crippen molar-refractivity contribution in [2.75, 3.05) is 13.2 Å². The van der Waals surface area contributed by atoms with Crippen LogP contribution >= 0.6 is 11.3 Å². The Balaban J connectivity index is 2.32.